The van der Waals surface area contributed by atoms with Gasteiger partial charge >= 0.3 is 30.0 Å². The van der Waals surface area contributed by atoms with Crippen molar-refractivity contribution in [3.05, 3.63) is 19.8 Å². The Morgan fingerprint density at radius 3 is 0.778 bits per heavy atom. The van der Waals surface area contributed by atoms with Crippen LogP contribution in [0.15, 0.2) is 0 Å². The van der Waals surface area contributed by atoms with E-state index >= 15 is 0 Å². The van der Waals surface area contributed by atoms with Crippen molar-refractivity contribution in [2.45, 2.75) is 6.92 Å². The summed E-state index contributed by atoms with van der Waals surface area (Å²) in [6.07, 6.45) is 3.64. The second-order valence-corrected chi connectivity index (χ2v) is 12.6. The van der Waals surface area contributed by atoms with Crippen molar-refractivity contribution in [3.8, 4) is 0 Å². The Morgan fingerprint density at radius 2 is 0.778 bits per heavy atom. The SMILES string of the molecule is CP(C)C.CP(C)C.CP(C)C.[Br][Ru].[CH2][CH][CH]C. The largest absolute Gasteiger partial charge is 0.0620 e. The normalized spacial score (nSPS) is 8.00. The van der Waals surface area contributed by atoms with Gasteiger partial charge in [-0.05, 0) is 79.7 Å². The Hall–Kier alpha value is 2.39. The fourth-order valence-corrected chi connectivity index (χ4v) is 0. The van der Waals surface area contributed by atoms with Gasteiger partial charge in [0, 0.05) is 0 Å². The van der Waals surface area contributed by atoms with E-state index in [1.165, 1.54) is 0 Å². The molecule has 0 nitrogen and oxygen atoms in total. The maximum Gasteiger partial charge on any atom is -0.0355 e. The first kappa shape index (κ1) is 32.4. The van der Waals surface area contributed by atoms with Crippen molar-refractivity contribution < 1.29 is 16.3 Å². The van der Waals surface area contributed by atoms with Crippen molar-refractivity contribution in [1.29, 1.82) is 0 Å². The van der Waals surface area contributed by atoms with Crippen LogP contribution in [-0.2, 0) is 16.3 Å². The van der Waals surface area contributed by atoms with Crippen LogP contribution >= 0.6 is 37.4 Å². The van der Waals surface area contributed by atoms with Crippen molar-refractivity contribution >= 4 is 37.4 Å². The molecule has 0 aromatic heterocycles. The topological polar surface area (TPSA) is 0 Å². The zero-order chi connectivity index (χ0) is 16.1. The van der Waals surface area contributed by atoms with Crippen molar-refractivity contribution in [1.82, 2.24) is 0 Å². The van der Waals surface area contributed by atoms with Gasteiger partial charge in [-0.15, -0.1) is 23.8 Å². The van der Waals surface area contributed by atoms with Gasteiger partial charge in [-0.2, -0.15) is 0 Å². The average molecular weight is 464 g/mol. The van der Waals surface area contributed by atoms with Crippen LogP contribution in [0.2, 0.25) is 0 Å². The summed E-state index contributed by atoms with van der Waals surface area (Å²) in [4.78, 5) is 0. The summed E-state index contributed by atoms with van der Waals surface area (Å²) in [5, 5.41) is 0. The van der Waals surface area contributed by atoms with Gasteiger partial charge in [-0.25, -0.2) is 0 Å². The molecule has 0 aliphatic heterocycles. The summed E-state index contributed by atoms with van der Waals surface area (Å²) >= 11 is 5.03. The molecule has 0 saturated carbocycles. The van der Waals surface area contributed by atoms with Crippen molar-refractivity contribution in [2.24, 2.45) is 0 Å². The first-order valence-electron chi connectivity index (χ1n) is 5.48. The molecule has 0 atom stereocenters. The maximum atomic E-state index is 3.42. The van der Waals surface area contributed by atoms with E-state index in [1.807, 2.05) is 13.3 Å². The van der Waals surface area contributed by atoms with E-state index in [2.05, 4.69) is 96.9 Å². The first-order valence-corrected chi connectivity index (χ1v) is 17.5. The monoisotopic (exact) mass is 464 g/mol. The number of halogens is 1. The van der Waals surface area contributed by atoms with Gasteiger partial charge in [0.1, 0.15) is 0 Å². The molecule has 0 heterocycles. The van der Waals surface area contributed by atoms with Crippen LogP contribution in [0.4, 0.5) is 0 Å². The number of rotatable bonds is 1. The molecule has 0 saturated heterocycles. The summed E-state index contributed by atoms with van der Waals surface area (Å²) < 4.78 is 0. The smallest absolute Gasteiger partial charge is 0.0355 e. The molecular formula is C13H34BrP3Ru. The van der Waals surface area contributed by atoms with E-state index in [4.69, 9.17) is 0 Å². The summed E-state index contributed by atoms with van der Waals surface area (Å²) in [6, 6.07) is 0. The van der Waals surface area contributed by atoms with E-state index in [0.717, 1.165) is 0 Å². The van der Waals surface area contributed by atoms with Crippen LogP contribution in [0.1, 0.15) is 6.92 Å². The zero-order valence-electron chi connectivity index (χ0n) is 13.9. The number of hydrogen-bond acceptors (Lipinski definition) is 0. The maximum absolute atomic E-state index is 3.42. The molecule has 3 radical (unpaired) electrons. The fraction of sp³-hybridized carbons (Fsp3) is 0.769. The molecule has 116 valence electrons. The number of unbranched alkanes of at least 4 members (excludes halogenated alkanes) is 1. The molecule has 0 rings (SSSR count). The van der Waals surface area contributed by atoms with E-state index < -0.39 is 0 Å². The van der Waals surface area contributed by atoms with Gasteiger partial charge in [-0.1, -0.05) is 6.92 Å². The minimum absolute atomic E-state index is 0.380. The molecule has 0 aromatic carbocycles. The molecule has 18 heavy (non-hydrogen) atoms. The first-order chi connectivity index (χ1) is 8.11. The Kier molecular flexibility index (Phi) is 65.8. The minimum atomic E-state index is 0.380. The Balaban J connectivity index is -0.0000000399. The van der Waals surface area contributed by atoms with Gasteiger partial charge in [-0.3, -0.25) is 0 Å². The molecule has 5 heteroatoms. The molecule has 0 unspecified atom stereocenters. The molecule has 0 aliphatic rings. The molecule has 0 N–H and O–H groups in total. The second kappa shape index (κ2) is 36.6. The third-order valence-electron chi connectivity index (χ3n) is 0.236. The van der Waals surface area contributed by atoms with E-state index in [1.54, 1.807) is 6.42 Å². The third-order valence-corrected chi connectivity index (χ3v) is 0.236. The standard InChI is InChI=1S/C4H7.3C3H9P.BrH.Ru/c1-3-4-2;3*1-4(2)3;;/h3-4H,1H2,2H3;3*1-3H3;1H;/q;;;;;+1/p-1. The van der Waals surface area contributed by atoms with Crippen LogP contribution in [0.3, 0.4) is 0 Å². The van der Waals surface area contributed by atoms with E-state index in [0.29, 0.717) is 23.8 Å². The predicted octanol–water partition coefficient (Wildman–Crippen LogP) is 6.17. The second-order valence-electron chi connectivity index (χ2n) is 4.59. The van der Waals surface area contributed by atoms with Crippen LogP contribution in [0.5, 0.6) is 0 Å². The van der Waals surface area contributed by atoms with E-state index in [9.17, 15) is 0 Å². The van der Waals surface area contributed by atoms with Crippen LogP contribution in [-0.4, -0.2) is 60.0 Å². The van der Waals surface area contributed by atoms with Crippen molar-refractivity contribution in [2.75, 3.05) is 60.0 Å². The van der Waals surface area contributed by atoms with Crippen LogP contribution < -0.4 is 0 Å². The van der Waals surface area contributed by atoms with E-state index in [-0.39, 0.29) is 0 Å². The molecule has 0 spiro atoms. The fourth-order valence-electron chi connectivity index (χ4n) is 0. The molecule has 0 aliphatic carbocycles. The summed E-state index contributed by atoms with van der Waals surface area (Å²) in [5.41, 5.74) is 0. The van der Waals surface area contributed by atoms with Gasteiger partial charge in [0.2, 0.25) is 0 Å². The summed E-state index contributed by atoms with van der Waals surface area (Å²) in [7, 11) is 1.14. The Bertz CT molecular complexity index is 67.8. The molecule has 0 amide bonds. The summed E-state index contributed by atoms with van der Waals surface area (Å²) in [5.74, 6) is 0. The average Bonchev–Trinajstić information content (AvgIpc) is 2.18. The van der Waals surface area contributed by atoms with Gasteiger partial charge in [0.15, 0.2) is 0 Å². The predicted molar refractivity (Wildman–Crippen MR) is 103 cm³/mol. The Morgan fingerprint density at radius 1 is 0.722 bits per heavy atom. The van der Waals surface area contributed by atoms with Gasteiger partial charge < -0.3 is 0 Å². The van der Waals surface area contributed by atoms with Crippen LogP contribution in [0.25, 0.3) is 0 Å². The third kappa shape index (κ3) is 483. The van der Waals surface area contributed by atoms with Gasteiger partial charge in [0.25, 0.3) is 0 Å². The molecule has 0 aromatic rings. The number of hydrogen-bond donors (Lipinski definition) is 0. The molecule has 0 fully saturated rings. The zero-order valence-corrected chi connectivity index (χ0v) is 19.9. The van der Waals surface area contributed by atoms with Gasteiger partial charge in [0.05, 0.1) is 0 Å². The van der Waals surface area contributed by atoms with Crippen LogP contribution in [0, 0.1) is 19.8 Å². The minimum Gasteiger partial charge on any atom is -0.0620 e. The van der Waals surface area contributed by atoms with Crippen molar-refractivity contribution in [3.63, 3.8) is 0 Å². The molecule has 0 bridgehead atoms. The quantitative estimate of drug-likeness (QED) is 0.322. The molecular weight excluding hydrogens is 430 g/mol. The summed E-state index contributed by atoms with van der Waals surface area (Å²) in [6.45, 7) is 25.4. The Labute approximate surface area is 140 Å².